The predicted octanol–water partition coefficient (Wildman–Crippen LogP) is 2.99. The lowest BCUT2D eigenvalue weighted by Crippen LogP contribution is -2.49. The number of nitrogen functional groups attached to an aromatic ring is 1. The number of nitrogens with zero attached hydrogens (tertiary/aromatic N) is 2. The zero-order valence-electron chi connectivity index (χ0n) is 12.0. The van der Waals surface area contributed by atoms with Gasteiger partial charge in [0.25, 0.3) is 11.8 Å². The number of hydrogen-bond acceptors (Lipinski definition) is 4. The highest BCUT2D eigenvalue weighted by Gasteiger charge is 2.47. The SMILES string of the molecule is CC1NC(=O)c2c(F)cc(-c3nc(Br)c(F)nc3N)cc2C1(F)F. The molecule has 0 bridgehead atoms. The highest BCUT2D eigenvalue weighted by Crippen LogP contribution is 2.40. The number of fused-ring (bicyclic) bond motifs is 1. The molecule has 1 aromatic carbocycles. The Morgan fingerprint density at radius 3 is 2.62 bits per heavy atom. The number of carbonyl (C=O) groups excluding carboxylic acids is 1. The van der Waals surface area contributed by atoms with Crippen molar-refractivity contribution >= 4 is 27.7 Å². The lowest BCUT2D eigenvalue weighted by Gasteiger charge is -2.32. The highest BCUT2D eigenvalue weighted by molar-refractivity contribution is 9.10. The first kappa shape index (κ1) is 16.6. The summed E-state index contributed by atoms with van der Waals surface area (Å²) >= 11 is 2.80. The van der Waals surface area contributed by atoms with Gasteiger partial charge >= 0.3 is 0 Å². The van der Waals surface area contributed by atoms with Crippen LogP contribution in [0.5, 0.6) is 0 Å². The molecule has 3 N–H and O–H groups in total. The van der Waals surface area contributed by atoms with Crippen molar-refractivity contribution in [2.45, 2.75) is 18.9 Å². The molecule has 1 aromatic heterocycles. The Labute approximate surface area is 141 Å². The van der Waals surface area contributed by atoms with Gasteiger partial charge in [-0.1, -0.05) is 0 Å². The number of halogens is 5. The number of rotatable bonds is 1. The third kappa shape index (κ3) is 2.41. The number of carbonyl (C=O) groups is 1. The average Bonchev–Trinajstić information content (AvgIpc) is 2.48. The van der Waals surface area contributed by atoms with Gasteiger partial charge in [-0.2, -0.15) is 18.2 Å². The molecule has 0 saturated heterocycles. The number of benzene rings is 1. The molecule has 0 aliphatic carbocycles. The standard InChI is InChI=1S/C14H9BrF4N4O/c1-4-14(18,19)6-2-5(3-7(16)8(6)13(24)21-4)9-12(20)23-11(17)10(15)22-9/h2-4H,1H3,(H2,20,23)(H,21,24). The van der Waals surface area contributed by atoms with Crippen molar-refractivity contribution < 1.29 is 22.4 Å². The molecule has 5 nitrogen and oxygen atoms in total. The Kier molecular flexibility index (Phi) is 3.74. The van der Waals surface area contributed by atoms with Crippen LogP contribution in [0.2, 0.25) is 0 Å². The molecule has 0 fully saturated rings. The molecule has 1 unspecified atom stereocenters. The first-order valence-electron chi connectivity index (χ1n) is 6.64. The normalized spacial score (nSPS) is 18.9. The van der Waals surface area contributed by atoms with Gasteiger partial charge in [-0.05, 0) is 35.0 Å². The number of aromatic nitrogens is 2. The van der Waals surface area contributed by atoms with Crippen LogP contribution in [-0.2, 0) is 5.92 Å². The molecule has 1 atom stereocenters. The summed E-state index contributed by atoms with van der Waals surface area (Å²) in [5.41, 5.74) is 3.70. The van der Waals surface area contributed by atoms with Crippen LogP contribution >= 0.6 is 15.9 Å². The minimum Gasteiger partial charge on any atom is -0.382 e. The smallest absolute Gasteiger partial charge is 0.293 e. The second-order valence-corrected chi connectivity index (χ2v) is 5.99. The van der Waals surface area contributed by atoms with E-state index in [1.54, 1.807) is 0 Å². The van der Waals surface area contributed by atoms with Crippen molar-refractivity contribution in [1.29, 1.82) is 0 Å². The Bertz CT molecular complexity index is 874. The van der Waals surface area contributed by atoms with E-state index in [0.717, 1.165) is 19.1 Å². The number of alkyl halides is 2. The largest absolute Gasteiger partial charge is 0.382 e. The van der Waals surface area contributed by atoms with E-state index in [-0.39, 0.29) is 15.9 Å². The first-order valence-corrected chi connectivity index (χ1v) is 7.43. The summed E-state index contributed by atoms with van der Waals surface area (Å²) in [5.74, 6) is -6.99. The number of hydrogen-bond donors (Lipinski definition) is 2. The van der Waals surface area contributed by atoms with E-state index in [1.807, 2.05) is 5.32 Å². The quantitative estimate of drug-likeness (QED) is 0.715. The summed E-state index contributed by atoms with van der Waals surface area (Å²) in [6, 6.07) is 0.226. The number of anilines is 1. The fourth-order valence-electron chi connectivity index (χ4n) is 2.45. The number of amides is 1. The summed E-state index contributed by atoms with van der Waals surface area (Å²) in [7, 11) is 0. The molecule has 2 heterocycles. The lowest BCUT2D eigenvalue weighted by molar-refractivity contribution is -0.0417. The van der Waals surface area contributed by atoms with Crippen LogP contribution in [0.1, 0.15) is 22.8 Å². The molecule has 0 saturated carbocycles. The van der Waals surface area contributed by atoms with Crippen molar-refractivity contribution in [2.75, 3.05) is 5.73 Å². The fourth-order valence-corrected chi connectivity index (χ4v) is 2.71. The van der Waals surface area contributed by atoms with Crippen LogP contribution in [0.25, 0.3) is 11.3 Å². The van der Waals surface area contributed by atoms with Crippen LogP contribution in [0, 0.1) is 11.8 Å². The van der Waals surface area contributed by atoms with Gasteiger partial charge in [-0.25, -0.2) is 9.37 Å². The molecule has 24 heavy (non-hydrogen) atoms. The van der Waals surface area contributed by atoms with Gasteiger partial charge in [-0.3, -0.25) is 4.79 Å². The van der Waals surface area contributed by atoms with Crippen LogP contribution in [0.15, 0.2) is 16.7 Å². The minimum atomic E-state index is -3.50. The Hall–Kier alpha value is -2.23. The fraction of sp³-hybridized carbons (Fsp3) is 0.214. The van der Waals surface area contributed by atoms with Gasteiger partial charge in [-0.15, -0.1) is 0 Å². The minimum absolute atomic E-state index is 0.140. The van der Waals surface area contributed by atoms with Crippen molar-refractivity contribution in [1.82, 2.24) is 15.3 Å². The van der Waals surface area contributed by atoms with Gasteiger partial charge in [0.2, 0.25) is 5.95 Å². The Morgan fingerprint density at radius 1 is 1.29 bits per heavy atom. The van der Waals surface area contributed by atoms with Crippen LogP contribution < -0.4 is 11.1 Å². The van der Waals surface area contributed by atoms with Crippen molar-refractivity contribution in [3.05, 3.63) is 39.6 Å². The zero-order valence-corrected chi connectivity index (χ0v) is 13.6. The average molecular weight is 405 g/mol. The van der Waals surface area contributed by atoms with Crippen molar-refractivity contribution in [3.8, 4) is 11.3 Å². The molecule has 10 heteroatoms. The maximum atomic E-state index is 14.4. The third-order valence-electron chi connectivity index (χ3n) is 3.68. The molecule has 0 radical (unpaired) electrons. The lowest BCUT2D eigenvalue weighted by atomic mass is 9.89. The van der Waals surface area contributed by atoms with Crippen LogP contribution in [-0.4, -0.2) is 21.9 Å². The molecule has 1 amide bonds. The zero-order chi connectivity index (χ0) is 17.8. The second kappa shape index (κ2) is 5.40. The predicted molar refractivity (Wildman–Crippen MR) is 80.3 cm³/mol. The van der Waals surface area contributed by atoms with E-state index < -0.39 is 46.6 Å². The molecular weight excluding hydrogens is 396 g/mol. The summed E-state index contributed by atoms with van der Waals surface area (Å²) in [6.07, 6.45) is 0. The highest BCUT2D eigenvalue weighted by atomic mass is 79.9. The van der Waals surface area contributed by atoms with E-state index in [2.05, 4.69) is 25.9 Å². The Balaban J connectivity index is 2.28. The van der Waals surface area contributed by atoms with Crippen LogP contribution in [0.4, 0.5) is 23.4 Å². The second-order valence-electron chi connectivity index (χ2n) is 5.24. The van der Waals surface area contributed by atoms with Gasteiger partial charge in [0.15, 0.2) is 10.4 Å². The maximum Gasteiger partial charge on any atom is 0.293 e. The van der Waals surface area contributed by atoms with E-state index in [4.69, 9.17) is 5.73 Å². The van der Waals surface area contributed by atoms with Gasteiger partial charge in [0.1, 0.15) is 11.5 Å². The van der Waals surface area contributed by atoms with E-state index >= 15 is 0 Å². The Morgan fingerprint density at radius 2 is 1.96 bits per heavy atom. The third-order valence-corrected chi connectivity index (χ3v) is 4.19. The monoisotopic (exact) mass is 404 g/mol. The van der Waals surface area contributed by atoms with Gasteiger partial charge in [0.05, 0.1) is 11.6 Å². The molecular formula is C14H9BrF4N4O. The van der Waals surface area contributed by atoms with Gasteiger partial charge < -0.3 is 11.1 Å². The van der Waals surface area contributed by atoms with Crippen molar-refractivity contribution in [3.63, 3.8) is 0 Å². The molecule has 2 aromatic rings. The van der Waals surface area contributed by atoms with E-state index in [9.17, 15) is 22.4 Å². The van der Waals surface area contributed by atoms with Crippen molar-refractivity contribution in [2.24, 2.45) is 0 Å². The molecule has 0 spiro atoms. The summed E-state index contributed by atoms with van der Waals surface area (Å²) < 4.78 is 56.0. The molecule has 1 aliphatic rings. The summed E-state index contributed by atoms with van der Waals surface area (Å²) in [6.45, 7) is 1.11. The van der Waals surface area contributed by atoms with Crippen LogP contribution in [0.3, 0.4) is 0 Å². The summed E-state index contributed by atoms with van der Waals surface area (Å²) in [4.78, 5) is 19.0. The maximum absolute atomic E-state index is 14.4. The van der Waals surface area contributed by atoms with Gasteiger partial charge in [0, 0.05) is 11.1 Å². The number of nitrogens with two attached hydrogens (primary N) is 1. The summed E-state index contributed by atoms with van der Waals surface area (Å²) in [5, 5.41) is 2.02. The van der Waals surface area contributed by atoms with E-state index in [1.165, 1.54) is 0 Å². The molecule has 3 rings (SSSR count). The topological polar surface area (TPSA) is 80.9 Å². The number of nitrogens with one attached hydrogen (secondary N) is 1. The molecule has 126 valence electrons. The van der Waals surface area contributed by atoms with E-state index in [0.29, 0.717) is 0 Å². The first-order chi connectivity index (χ1) is 11.1. The molecule has 1 aliphatic heterocycles.